The van der Waals surface area contributed by atoms with Gasteiger partial charge in [-0.05, 0) is 67.8 Å². The zero-order valence-corrected chi connectivity index (χ0v) is 23.6. The second-order valence-corrected chi connectivity index (χ2v) is 10.1. The third-order valence-electron chi connectivity index (χ3n) is 5.41. The molecule has 3 rings (SSSR count). The normalized spacial score (nSPS) is 11.0. The Hall–Kier alpha value is -3.74. The summed E-state index contributed by atoms with van der Waals surface area (Å²) in [6, 6.07) is 16.8. The van der Waals surface area contributed by atoms with Crippen molar-refractivity contribution in [2.75, 3.05) is 13.2 Å². The molecular formula is C29H26BrNO6S. The van der Waals surface area contributed by atoms with Crippen LogP contribution in [0.3, 0.4) is 0 Å². The molecule has 2 aromatic carbocycles. The Morgan fingerprint density at radius 3 is 2.21 bits per heavy atom. The largest absolute Gasteiger partial charge is 0.489 e. The number of thiophene rings is 1. The van der Waals surface area contributed by atoms with Crippen LogP contribution >= 0.6 is 27.3 Å². The summed E-state index contributed by atoms with van der Waals surface area (Å²) in [4.78, 5) is 38.6. The number of nitriles is 1. The average molecular weight is 596 g/mol. The van der Waals surface area contributed by atoms with Crippen molar-refractivity contribution >= 4 is 51.1 Å². The maximum atomic E-state index is 13.1. The van der Waals surface area contributed by atoms with Crippen molar-refractivity contribution in [2.24, 2.45) is 0 Å². The van der Waals surface area contributed by atoms with E-state index in [1.807, 2.05) is 30.3 Å². The number of halogens is 1. The van der Waals surface area contributed by atoms with E-state index < -0.39 is 17.7 Å². The number of hydrogen-bond donors (Lipinski definition) is 0. The molecule has 1 heterocycles. The zero-order valence-electron chi connectivity index (χ0n) is 21.2. The number of rotatable bonds is 11. The predicted molar refractivity (Wildman–Crippen MR) is 148 cm³/mol. The molecule has 7 nitrogen and oxygen atoms in total. The minimum absolute atomic E-state index is 0.0768. The van der Waals surface area contributed by atoms with Gasteiger partial charge in [-0.25, -0.2) is 9.59 Å². The van der Waals surface area contributed by atoms with Crippen molar-refractivity contribution in [1.29, 1.82) is 5.26 Å². The first-order valence-electron chi connectivity index (χ1n) is 11.9. The Kier molecular flexibility index (Phi) is 10.4. The molecule has 0 radical (unpaired) electrons. The Morgan fingerprint density at radius 1 is 0.974 bits per heavy atom. The molecule has 0 N–H and O–H groups in total. The third-order valence-corrected chi connectivity index (χ3v) is 7.21. The molecule has 38 heavy (non-hydrogen) atoms. The number of carbonyl (C=O) groups is 3. The lowest BCUT2D eigenvalue weighted by atomic mass is 10.0. The molecule has 0 atom stereocenters. The lowest BCUT2D eigenvalue weighted by Gasteiger charge is -2.07. The SMILES string of the molecule is CCOC(=O)c1sc(CC(=O)C(C#N)=Cc2ccc(OCc3ccc(Br)cc3)cc2)c(C(=O)OCC)c1C. The number of esters is 2. The van der Waals surface area contributed by atoms with Crippen molar-refractivity contribution in [2.45, 2.75) is 33.8 Å². The maximum absolute atomic E-state index is 13.1. The van der Waals surface area contributed by atoms with E-state index in [0.29, 0.717) is 28.4 Å². The van der Waals surface area contributed by atoms with Crippen LogP contribution in [0.2, 0.25) is 0 Å². The topological polar surface area (TPSA) is 103 Å². The summed E-state index contributed by atoms with van der Waals surface area (Å²) < 4.78 is 17.0. The number of hydrogen-bond acceptors (Lipinski definition) is 8. The second-order valence-electron chi connectivity index (χ2n) is 8.05. The Labute approximate surface area is 233 Å². The van der Waals surface area contributed by atoms with Gasteiger partial charge in [0.1, 0.15) is 23.3 Å². The van der Waals surface area contributed by atoms with Crippen LogP contribution < -0.4 is 4.74 Å². The molecule has 196 valence electrons. The summed E-state index contributed by atoms with van der Waals surface area (Å²) in [6.07, 6.45) is 1.25. The monoisotopic (exact) mass is 595 g/mol. The predicted octanol–water partition coefficient (Wildman–Crippen LogP) is 6.47. The quantitative estimate of drug-likeness (QED) is 0.142. The Bertz CT molecular complexity index is 1380. The van der Waals surface area contributed by atoms with Gasteiger partial charge in [0.15, 0.2) is 5.78 Å². The van der Waals surface area contributed by atoms with Gasteiger partial charge in [-0.3, -0.25) is 4.79 Å². The van der Waals surface area contributed by atoms with E-state index in [-0.39, 0.29) is 35.6 Å². The fourth-order valence-corrected chi connectivity index (χ4v) is 5.00. The van der Waals surface area contributed by atoms with Gasteiger partial charge in [0.25, 0.3) is 0 Å². The van der Waals surface area contributed by atoms with Crippen LogP contribution in [0.1, 0.15) is 55.4 Å². The number of benzene rings is 2. The summed E-state index contributed by atoms with van der Waals surface area (Å²) in [5, 5.41) is 9.67. The zero-order chi connectivity index (χ0) is 27.7. The molecule has 0 amide bonds. The van der Waals surface area contributed by atoms with E-state index in [9.17, 15) is 19.6 Å². The fourth-order valence-electron chi connectivity index (χ4n) is 3.55. The van der Waals surface area contributed by atoms with Crippen LogP contribution in [0.15, 0.2) is 58.6 Å². The van der Waals surface area contributed by atoms with Gasteiger partial charge < -0.3 is 14.2 Å². The summed E-state index contributed by atoms with van der Waals surface area (Å²) in [5.41, 5.74) is 2.15. The highest BCUT2D eigenvalue weighted by Crippen LogP contribution is 2.31. The molecule has 0 unspecified atom stereocenters. The van der Waals surface area contributed by atoms with Gasteiger partial charge in [-0.2, -0.15) is 5.26 Å². The molecule has 9 heteroatoms. The fraction of sp³-hybridized carbons (Fsp3) is 0.241. The van der Waals surface area contributed by atoms with Crippen molar-refractivity contribution in [3.05, 3.63) is 90.6 Å². The van der Waals surface area contributed by atoms with Gasteiger partial charge in [0.05, 0.1) is 24.4 Å². The van der Waals surface area contributed by atoms with E-state index in [0.717, 1.165) is 21.4 Å². The van der Waals surface area contributed by atoms with Crippen LogP contribution in [0.4, 0.5) is 0 Å². The molecular weight excluding hydrogens is 570 g/mol. The highest BCUT2D eigenvalue weighted by Gasteiger charge is 2.28. The number of Topliss-reactive ketones (excluding diaryl/α,β-unsaturated/α-hetero) is 1. The van der Waals surface area contributed by atoms with E-state index >= 15 is 0 Å². The average Bonchev–Trinajstić information content (AvgIpc) is 3.23. The maximum Gasteiger partial charge on any atom is 0.348 e. The number of ketones is 1. The van der Waals surface area contributed by atoms with E-state index in [4.69, 9.17) is 14.2 Å². The second kappa shape index (κ2) is 13.7. The third kappa shape index (κ3) is 7.40. The molecule has 0 spiro atoms. The van der Waals surface area contributed by atoms with Gasteiger partial charge in [-0.1, -0.05) is 40.2 Å². The smallest absolute Gasteiger partial charge is 0.348 e. The van der Waals surface area contributed by atoms with Crippen molar-refractivity contribution in [3.63, 3.8) is 0 Å². The minimum Gasteiger partial charge on any atom is -0.489 e. The van der Waals surface area contributed by atoms with Crippen LogP contribution in [0.25, 0.3) is 6.08 Å². The first kappa shape index (κ1) is 28.8. The van der Waals surface area contributed by atoms with Gasteiger partial charge in [-0.15, -0.1) is 11.3 Å². The molecule has 3 aromatic rings. The van der Waals surface area contributed by atoms with Gasteiger partial charge >= 0.3 is 11.9 Å². The number of ether oxygens (including phenoxy) is 3. The highest BCUT2D eigenvalue weighted by atomic mass is 79.9. The first-order chi connectivity index (χ1) is 18.3. The van der Waals surface area contributed by atoms with Crippen molar-refractivity contribution < 1.29 is 28.6 Å². The Balaban J connectivity index is 1.77. The van der Waals surface area contributed by atoms with Gasteiger partial charge in [0, 0.05) is 15.8 Å². The summed E-state index contributed by atoms with van der Waals surface area (Å²) in [6.45, 7) is 5.69. The first-order valence-corrected chi connectivity index (χ1v) is 13.5. The molecule has 0 bridgehead atoms. The van der Waals surface area contributed by atoms with Crippen LogP contribution in [-0.2, 0) is 27.3 Å². The lowest BCUT2D eigenvalue weighted by molar-refractivity contribution is -0.114. The van der Waals surface area contributed by atoms with Crippen LogP contribution in [0, 0.1) is 18.3 Å². The highest BCUT2D eigenvalue weighted by molar-refractivity contribution is 9.10. The van der Waals surface area contributed by atoms with Crippen LogP contribution in [0.5, 0.6) is 5.75 Å². The number of allylic oxidation sites excluding steroid dienone is 1. The summed E-state index contributed by atoms with van der Waals surface area (Å²) in [7, 11) is 0. The number of carbonyl (C=O) groups excluding carboxylic acids is 3. The molecule has 0 aliphatic carbocycles. The van der Waals surface area contributed by atoms with E-state index in [2.05, 4.69) is 15.9 Å². The van der Waals surface area contributed by atoms with E-state index in [1.54, 1.807) is 45.0 Å². The molecule has 0 saturated carbocycles. The minimum atomic E-state index is -0.624. The molecule has 0 fully saturated rings. The molecule has 0 aliphatic rings. The standard InChI is InChI=1S/C29H26BrNO6S/c1-4-35-28(33)26-18(3)27(29(34)36-5-2)38-25(26)15-24(32)21(16-31)14-19-8-12-23(13-9-19)37-17-20-6-10-22(30)11-7-20/h6-14H,4-5,15,17H2,1-3H3. The number of nitrogens with zero attached hydrogens (tertiary/aromatic N) is 1. The lowest BCUT2D eigenvalue weighted by Crippen LogP contribution is -2.12. The van der Waals surface area contributed by atoms with Gasteiger partial charge in [0.2, 0.25) is 0 Å². The van der Waals surface area contributed by atoms with Crippen LogP contribution in [-0.4, -0.2) is 30.9 Å². The summed E-state index contributed by atoms with van der Waals surface area (Å²) >= 11 is 4.41. The molecule has 0 saturated heterocycles. The van der Waals surface area contributed by atoms with E-state index in [1.165, 1.54) is 6.08 Å². The summed E-state index contributed by atoms with van der Waals surface area (Å²) in [5.74, 6) is -1.03. The van der Waals surface area contributed by atoms with Crippen molar-refractivity contribution in [1.82, 2.24) is 0 Å². The molecule has 0 aliphatic heterocycles. The van der Waals surface area contributed by atoms with Crippen molar-refractivity contribution in [3.8, 4) is 11.8 Å². The Morgan fingerprint density at radius 2 is 1.61 bits per heavy atom. The molecule has 1 aromatic heterocycles.